The summed E-state index contributed by atoms with van der Waals surface area (Å²) in [6, 6.07) is 60.9. The van der Waals surface area contributed by atoms with Gasteiger partial charge in [-0.15, -0.1) is 0 Å². The average molecular weight is 680 g/mol. The van der Waals surface area contributed by atoms with Crippen LogP contribution in [0.1, 0.15) is 0 Å². The number of nitrogens with zero attached hydrogens (tertiary/aromatic N) is 3. The molecule has 11 rings (SSSR count). The molecular formula is C48H29N3O2. The smallest absolute Gasteiger partial charge is 0.235 e. The van der Waals surface area contributed by atoms with Crippen LogP contribution in [0.3, 0.4) is 0 Å². The maximum atomic E-state index is 6.43. The number of benzene rings is 8. The monoisotopic (exact) mass is 679 g/mol. The quantitative estimate of drug-likeness (QED) is 0.186. The molecule has 0 fully saturated rings. The molecule has 0 saturated carbocycles. The van der Waals surface area contributed by atoms with Crippen LogP contribution in [0.25, 0.3) is 82.9 Å². The Hall–Kier alpha value is -7.24. The third kappa shape index (κ3) is 4.86. The predicted octanol–water partition coefficient (Wildman–Crippen LogP) is 12.8. The Balaban J connectivity index is 1.02. The fraction of sp³-hybridized carbons (Fsp3) is 0. The van der Waals surface area contributed by atoms with Gasteiger partial charge in [-0.3, -0.25) is 4.57 Å². The number of ether oxygens (including phenoxy) is 2. The SMILES string of the molecule is c1ccc(-c2ccc(-c3nc(-n4c5ccccc5c5cc(-c6ccc7c(c6)Oc6cc8ccccc8cc6O7)ccc54)nc4ccccc34)cc2)cc1. The van der Waals surface area contributed by atoms with Gasteiger partial charge in [0.15, 0.2) is 23.0 Å². The Labute approximate surface area is 305 Å². The van der Waals surface area contributed by atoms with Gasteiger partial charge in [0.1, 0.15) is 0 Å². The van der Waals surface area contributed by atoms with Gasteiger partial charge in [0.05, 0.1) is 22.2 Å². The van der Waals surface area contributed by atoms with Crippen LogP contribution in [-0.2, 0) is 0 Å². The number of rotatable bonds is 4. The fourth-order valence-electron chi connectivity index (χ4n) is 7.65. The van der Waals surface area contributed by atoms with E-state index in [9.17, 15) is 0 Å². The molecule has 53 heavy (non-hydrogen) atoms. The maximum absolute atomic E-state index is 6.43. The molecule has 8 aromatic carbocycles. The second-order valence-corrected chi connectivity index (χ2v) is 13.4. The van der Waals surface area contributed by atoms with Gasteiger partial charge in [0.25, 0.3) is 0 Å². The molecule has 0 N–H and O–H groups in total. The Bertz CT molecular complexity index is 3060. The Kier molecular flexibility index (Phi) is 6.48. The van der Waals surface area contributed by atoms with Crippen molar-refractivity contribution in [1.82, 2.24) is 14.5 Å². The van der Waals surface area contributed by atoms with Crippen LogP contribution in [0, 0.1) is 0 Å². The van der Waals surface area contributed by atoms with E-state index in [-0.39, 0.29) is 0 Å². The van der Waals surface area contributed by atoms with Crippen LogP contribution in [-0.4, -0.2) is 14.5 Å². The van der Waals surface area contributed by atoms with E-state index in [4.69, 9.17) is 19.4 Å². The first-order valence-electron chi connectivity index (χ1n) is 17.7. The number of aromatic nitrogens is 3. The second-order valence-electron chi connectivity index (χ2n) is 13.4. The van der Waals surface area contributed by atoms with Crippen molar-refractivity contribution >= 4 is 43.5 Å². The highest BCUT2D eigenvalue weighted by Crippen LogP contribution is 2.48. The van der Waals surface area contributed by atoms with Gasteiger partial charge in [-0.05, 0) is 81.6 Å². The van der Waals surface area contributed by atoms with Crippen LogP contribution >= 0.6 is 0 Å². The molecule has 0 unspecified atom stereocenters. The minimum Gasteiger partial charge on any atom is -0.449 e. The van der Waals surface area contributed by atoms with Gasteiger partial charge in [0.2, 0.25) is 5.95 Å². The standard InChI is InChI=1S/C48H29N3O2/c1-2-10-30(11-3-1)31-18-20-32(21-19-31)47-38-15-6-8-16-40(38)49-48(50-47)51-41-17-9-7-14-37(41)39-26-35(22-24-42(39)51)36-23-25-43-44(29-36)53-46-28-34-13-5-4-12-33(34)27-45(46)52-43/h1-29H. The first-order chi connectivity index (χ1) is 26.2. The Morgan fingerprint density at radius 3 is 1.74 bits per heavy atom. The Morgan fingerprint density at radius 1 is 0.358 bits per heavy atom. The zero-order valence-corrected chi connectivity index (χ0v) is 28.4. The molecule has 1 aliphatic heterocycles. The number of fused-ring (bicyclic) bond motifs is 7. The number of hydrogen-bond acceptors (Lipinski definition) is 4. The van der Waals surface area contributed by atoms with Crippen molar-refractivity contribution in [3.05, 3.63) is 176 Å². The lowest BCUT2D eigenvalue weighted by molar-refractivity contribution is 0.360. The summed E-state index contributed by atoms with van der Waals surface area (Å²) in [5.74, 6) is 3.47. The van der Waals surface area contributed by atoms with E-state index in [2.05, 4.69) is 132 Å². The highest BCUT2D eigenvalue weighted by atomic mass is 16.6. The Morgan fingerprint density at radius 2 is 0.925 bits per heavy atom. The van der Waals surface area contributed by atoms with E-state index in [0.29, 0.717) is 23.2 Å². The molecule has 3 heterocycles. The molecule has 248 valence electrons. The minimum absolute atomic E-state index is 0.635. The van der Waals surface area contributed by atoms with Crippen molar-refractivity contribution in [2.45, 2.75) is 0 Å². The zero-order valence-electron chi connectivity index (χ0n) is 28.4. The topological polar surface area (TPSA) is 49.2 Å². The second kappa shape index (κ2) is 11.7. The lowest BCUT2D eigenvalue weighted by atomic mass is 10.0. The summed E-state index contributed by atoms with van der Waals surface area (Å²) in [7, 11) is 0. The normalized spacial score (nSPS) is 12.1. The molecule has 1 aliphatic rings. The van der Waals surface area contributed by atoms with Gasteiger partial charge < -0.3 is 9.47 Å². The van der Waals surface area contributed by atoms with E-state index in [1.54, 1.807) is 0 Å². The lowest BCUT2D eigenvalue weighted by Gasteiger charge is -2.22. The van der Waals surface area contributed by atoms with E-state index < -0.39 is 0 Å². The molecule has 0 spiro atoms. The molecule has 5 heteroatoms. The summed E-state index contributed by atoms with van der Waals surface area (Å²) in [4.78, 5) is 10.5. The highest BCUT2D eigenvalue weighted by molar-refractivity contribution is 6.10. The summed E-state index contributed by atoms with van der Waals surface area (Å²) in [6.45, 7) is 0. The molecule has 0 saturated heterocycles. The average Bonchev–Trinajstić information content (AvgIpc) is 3.55. The molecule has 0 bridgehead atoms. The fourth-order valence-corrected chi connectivity index (χ4v) is 7.65. The van der Waals surface area contributed by atoms with Crippen LogP contribution in [0.15, 0.2) is 176 Å². The molecule has 10 aromatic rings. The van der Waals surface area contributed by atoms with Gasteiger partial charge in [-0.1, -0.05) is 127 Å². The molecule has 0 atom stereocenters. The summed E-state index contributed by atoms with van der Waals surface area (Å²) in [5, 5.41) is 5.50. The van der Waals surface area contributed by atoms with Crippen LogP contribution in [0.4, 0.5) is 0 Å². The minimum atomic E-state index is 0.635. The van der Waals surface area contributed by atoms with E-state index in [0.717, 1.165) is 71.6 Å². The third-order valence-corrected chi connectivity index (χ3v) is 10.3. The molecular weight excluding hydrogens is 651 g/mol. The summed E-state index contributed by atoms with van der Waals surface area (Å²) in [5.41, 5.74) is 9.40. The van der Waals surface area contributed by atoms with Crippen molar-refractivity contribution in [3.8, 4) is 62.5 Å². The van der Waals surface area contributed by atoms with E-state index >= 15 is 0 Å². The lowest BCUT2D eigenvalue weighted by Crippen LogP contribution is -2.03. The zero-order chi connectivity index (χ0) is 34.9. The van der Waals surface area contributed by atoms with Gasteiger partial charge in [0, 0.05) is 21.7 Å². The predicted molar refractivity (Wildman–Crippen MR) is 214 cm³/mol. The molecule has 2 aromatic heterocycles. The molecule has 0 radical (unpaired) electrons. The molecule has 0 aliphatic carbocycles. The largest absolute Gasteiger partial charge is 0.449 e. The van der Waals surface area contributed by atoms with Crippen molar-refractivity contribution in [2.75, 3.05) is 0 Å². The van der Waals surface area contributed by atoms with E-state index in [1.165, 1.54) is 11.1 Å². The maximum Gasteiger partial charge on any atom is 0.235 e. The van der Waals surface area contributed by atoms with Gasteiger partial charge in [-0.25, -0.2) is 9.97 Å². The van der Waals surface area contributed by atoms with Crippen molar-refractivity contribution in [2.24, 2.45) is 0 Å². The van der Waals surface area contributed by atoms with Crippen molar-refractivity contribution < 1.29 is 9.47 Å². The first kappa shape index (κ1) is 29.5. The molecule has 5 nitrogen and oxygen atoms in total. The summed E-state index contributed by atoms with van der Waals surface area (Å²) >= 11 is 0. The van der Waals surface area contributed by atoms with Crippen LogP contribution in [0.5, 0.6) is 23.0 Å². The summed E-state index contributed by atoms with van der Waals surface area (Å²) < 4.78 is 14.9. The third-order valence-electron chi connectivity index (χ3n) is 10.3. The summed E-state index contributed by atoms with van der Waals surface area (Å²) in [6.07, 6.45) is 0. The van der Waals surface area contributed by atoms with Crippen LogP contribution < -0.4 is 9.47 Å². The first-order valence-corrected chi connectivity index (χ1v) is 17.7. The van der Waals surface area contributed by atoms with Crippen molar-refractivity contribution in [1.29, 1.82) is 0 Å². The van der Waals surface area contributed by atoms with Gasteiger partial charge in [-0.2, -0.15) is 0 Å². The van der Waals surface area contributed by atoms with Gasteiger partial charge >= 0.3 is 0 Å². The van der Waals surface area contributed by atoms with Crippen LogP contribution in [0.2, 0.25) is 0 Å². The number of para-hydroxylation sites is 2. The number of hydrogen-bond donors (Lipinski definition) is 0. The van der Waals surface area contributed by atoms with Crippen molar-refractivity contribution in [3.63, 3.8) is 0 Å². The molecule has 0 amide bonds. The van der Waals surface area contributed by atoms with E-state index in [1.807, 2.05) is 48.5 Å². The highest BCUT2D eigenvalue weighted by Gasteiger charge is 2.22.